The molecule has 0 aromatic carbocycles. The molecule has 68 valence electrons. The highest BCUT2D eigenvalue weighted by Gasteiger charge is 2.59. The third-order valence-corrected chi connectivity index (χ3v) is 3.04. The Hall–Kier alpha value is -0.590. The minimum atomic E-state index is 0.166. The first-order valence-electron chi connectivity index (χ1n) is 4.59. The van der Waals surface area contributed by atoms with Crippen molar-refractivity contribution in [2.45, 2.75) is 27.7 Å². The van der Waals surface area contributed by atoms with Crippen LogP contribution in [0.5, 0.6) is 0 Å². The highest BCUT2D eigenvalue weighted by atomic mass is 16.1. The number of carbonyl (C=O) groups excluding carboxylic acids is 1. The molecule has 1 fully saturated rings. The molecular weight excluding hydrogens is 148 g/mol. The third kappa shape index (κ3) is 1.21. The van der Waals surface area contributed by atoms with Crippen molar-refractivity contribution < 1.29 is 4.79 Å². The van der Waals surface area contributed by atoms with Crippen molar-refractivity contribution >= 4 is 5.78 Å². The van der Waals surface area contributed by atoms with Crippen LogP contribution in [0.15, 0.2) is 12.7 Å². The second-order valence-corrected chi connectivity index (χ2v) is 4.62. The first-order chi connectivity index (χ1) is 5.42. The van der Waals surface area contributed by atoms with Crippen LogP contribution in [-0.2, 0) is 4.79 Å². The smallest absolute Gasteiger partial charge is 0.139 e. The summed E-state index contributed by atoms with van der Waals surface area (Å²) in [5.41, 5.74) is 0.170. The molecule has 0 heterocycles. The summed E-state index contributed by atoms with van der Waals surface area (Å²) in [7, 11) is 0. The summed E-state index contributed by atoms with van der Waals surface area (Å²) in [6, 6.07) is 0. The molecule has 0 bridgehead atoms. The molecule has 0 N–H and O–H groups in total. The van der Waals surface area contributed by atoms with Crippen molar-refractivity contribution in [3.05, 3.63) is 12.7 Å². The average Bonchev–Trinajstić information content (AvgIpc) is 2.50. The van der Waals surface area contributed by atoms with Crippen LogP contribution < -0.4 is 0 Å². The van der Waals surface area contributed by atoms with Crippen LogP contribution >= 0.6 is 0 Å². The lowest BCUT2D eigenvalue weighted by Gasteiger charge is -2.04. The standard InChI is InChI=1S/C11H18O/c1-6-8-9(11(8,4)5)10(12)7(2)3/h6-9H,1H2,2-5H3/t8-,9-/m0/s1. The number of carbonyl (C=O) groups is 1. The Balaban J connectivity index is 2.69. The van der Waals surface area contributed by atoms with Gasteiger partial charge in [-0.25, -0.2) is 0 Å². The predicted molar refractivity (Wildman–Crippen MR) is 50.8 cm³/mol. The van der Waals surface area contributed by atoms with Crippen molar-refractivity contribution in [3.8, 4) is 0 Å². The Morgan fingerprint density at radius 2 is 2.00 bits per heavy atom. The Kier molecular flexibility index (Phi) is 2.15. The van der Waals surface area contributed by atoms with Gasteiger partial charge in [-0.05, 0) is 11.3 Å². The number of ketones is 1. The lowest BCUT2D eigenvalue weighted by Crippen LogP contribution is -2.12. The summed E-state index contributed by atoms with van der Waals surface area (Å²) in [5.74, 6) is 1.20. The van der Waals surface area contributed by atoms with E-state index in [2.05, 4.69) is 20.4 Å². The van der Waals surface area contributed by atoms with Gasteiger partial charge in [0.1, 0.15) is 5.78 Å². The van der Waals surface area contributed by atoms with E-state index in [-0.39, 0.29) is 17.3 Å². The van der Waals surface area contributed by atoms with Gasteiger partial charge in [0.2, 0.25) is 0 Å². The van der Waals surface area contributed by atoms with Gasteiger partial charge in [-0.1, -0.05) is 33.8 Å². The highest BCUT2D eigenvalue weighted by Crippen LogP contribution is 2.59. The van der Waals surface area contributed by atoms with E-state index in [0.717, 1.165) is 0 Å². The van der Waals surface area contributed by atoms with Crippen LogP contribution in [0.1, 0.15) is 27.7 Å². The molecule has 1 nitrogen and oxygen atoms in total. The van der Waals surface area contributed by atoms with E-state index in [1.165, 1.54) is 0 Å². The summed E-state index contributed by atoms with van der Waals surface area (Å²) in [6.07, 6.45) is 1.92. The molecule has 1 heteroatoms. The maximum atomic E-state index is 11.6. The normalized spacial score (nSPS) is 31.8. The molecular formula is C11H18O. The zero-order valence-electron chi connectivity index (χ0n) is 8.42. The molecule has 0 aliphatic heterocycles. The molecule has 12 heavy (non-hydrogen) atoms. The van der Waals surface area contributed by atoms with Gasteiger partial charge in [-0.3, -0.25) is 4.79 Å². The fraction of sp³-hybridized carbons (Fsp3) is 0.727. The number of allylic oxidation sites excluding steroid dienone is 1. The largest absolute Gasteiger partial charge is 0.299 e. The molecule has 2 atom stereocenters. The predicted octanol–water partition coefficient (Wildman–Crippen LogP) is 2.67. The fourth-order valence-electron chi connectivity index (χ4n) is 2.02. The third-order valence-electron chi connectivity index (χ3n) is 3.04. The van der Waals surface area contributed by atoms with Crippen molar-refractivity contribution in [2.75, 3.05) is 0 Å². The molecule has 0 spiro atoms. The van der Waals surface area contributed by atoms with E-state index >= 15 is 0 Å². The van der Waals surface area contributed by atoms with Crippen molar-refractivity contribution in [2.24, 2.45) is 23.2 Å². The Morgan fingerprint density at radius 3 is 2.25 bits per heavy atom. The van der Waals surface area contributed by atoms with Crippen molar-refractivity contribution in [1.29, 1.82) is 0 Å². The Labute approximate surface area is 74.9 Å². The van der Waals surface area contributed by atoms with Crippen LogP contribution in [0, 0.1) is 23.2 Å². The highest BCUT2D eigenvalue weighted by molar-refractivity contribution is 5.87. The number of rotatable bonds is 3. The molecule has 0 amide bonds. The number of hydrogen-bond donors (Lipinski definition) is 0. The molecule has 1 aliphatic carbocycles. The summed E-state index contributed by atoms with van der Waals surface area (Å²) in [6.45, 7) is 12.0. The van der Waals surface area contributed by atoms with Gasteiger partial charge in [-0.2, -0.15) is 0 Å². The van der Waals surface area contributed by atoms with Gasteiger partial charge in [0.05, 0.1) is 0 Å². The second-order valence-electron chi connectivity index (χ2n) is 4.62. The first kappa shape index (κ1) is 9.50. The van der Waals surface area contributed by atoms with E-state index < -0.39 is 0 Å². The van der Waals surface area contributed by atoms with E-state index in [1.807, 2.05) is 19.9 Å². The summed E-state index contributed by atoms with van der Waals surface area (Å²) >= 11 is 0. The monoisotopic (exact) mass is 166 g/mol. The van der Waals surface area contributed by atoms with E-state index in [9.17, 15) is 4.79 Å². The summed E-state index contributed by atoms with van der Waals surface area (Å²) in [5, 5.41) is 0. The minimum absolute atomic E-state index is 0.166. The van der Waals surface area contributed by atoms with Crippen LogP contribution in [0.4, 0.5) is 0 Å². The van der Waals surface area contributed by atoms with Crippen molar-refractivity contribution in [1.82, 2.24) is 0 Å². The zero-order chi connectivity index (χ0) is 9.52. The SMILES string of the molecule is C=C[C@H]1[C@@H](C(=O)C(C)C)C1(C)C. The van der Waals surface area contributed by atoms with Gasteiger partial charge < -0.3 is 0 Å². The van der Waals surface area contributed by atoms with Gasteiger partial charge in [0, 0.05) is 11.8 Å². The average molecular weight is 166 g/mol. The molecule has 0 aromatic heterocycles. The fourth-order valence-corrected chi connectivity index (χ4v) is 2.02. The molecule has 1 saturated carbocycles. The topological polar surface area (TPSA) is 17.1 Å². The molecule has 0 radical (unpaired) electrons. The maximum Gasteiger partial charge on any atom is 0.139 e. The maximum absolute atomic E-state index is 11.6. The van der Waals surface area contributed by atoms with E-state index in [0.29, 0.717) is 11.7 Å². The second kappa shape index (κ2) is 2.72. The van der Waals surface area contributed by atoms with Gasteiger partial charge >= 0.3 is 0 Å². The van der Waals surface area contributed by atoms with E-state index in [4.69, 9.17) is 0 Å². The lowest BCUT2D eigenvalue weighted by molar-refractivity contribution is -0.123. The van der Waals surface area contributed by atoms with Gasteiger partial charge in [0.25, 0.3) is 0 Å². The van der Waals surface area contributed by atoms with Crippen LogP contribution in [-0.4, -0.2) is 5.78 Å². The first-order valence-corrected chi connectivity index (χ1v) is 4.59. The van der Waals surface area contributed by atoms with E-state index in [1.54, 1.807) is 0 Å². The van der Waals surface area contributed by atoms with Crippen LogP contribution in [0.3, 0.4) is 0 Å². The van der Waals surface area contributed by atoms with Crippen LogP contribution in [0.25, 0.3) is 0 Å². The molecule has 1 aliphatic rings. The molecule has 1 rings (SSSR count). The van der Waals surface area contributed by atoms with Gasteiger partial charge in [-0.15, -0.1) is 6.58 Å². The number of Topliss-reactive ketones (excluding diaryl/α,β-unsaturated/α-hetero) is 1. The Bertz CT molecular complexity index is 213. The quantitative estimate of drug-likeness (QED) is 0.589. The van der Waals surface area contributed by atoms with Crippen LogP contribution in [0.2, 0.25) is 0 Å². The van der Waals surface area contributed by atoms with Crippen molar-refractivity contribution in [3.63, 3.8) is 0 Å². The summed E-state index contributed by atoms with van der Waals surface area (Å²) in [4.78, 5) is 11.6. The molecule has 0 saturated heterocycles. The van der Waals surface area contributed by atoms with Gasteiger partial charge in [0.15, 0.2) is 0 Å². The minimum Gasteiger partial charge on any atom is -0.299 e. The summed E-state index contributed by atoms with van der Waals surface area (Å²) < 4.78 is 0. The molecule has 0 unspecified atom stereocenters. The number of hydrogen-bond acceptors (Lipinski definition) is 1. The lowest BCUT2D eigenvalue weighted by atomic mass is 9.99. The molecule has 0 aromatic rings. The Morgan fingerprint density at radius 1 is 1.50 bits per heavy atom. The zero-order valence-corrected chi connectivity index (χ0v) is 8.42.